The molecule has 0 saturated heterocycles. The van der Waals surface area contributed by atoms with Crippen molar-refractivity contribution >= 4 is 51.1 Å². The zero-order valence-corrected chi connectivity index (χ0v) is 14.5. The van der Waals surface area contributed by atoms with E-state index in [0.29, 0.717) is 10.7 Å². The number of cyclic esters (lactones) is 1. The van der Waals surface area contributed by atoms with Gasteiger partial charge in [0.15, 0.2) is 5.70 Å². The molecule has 0 saturated carbocycles. The van der Waals surface area contributed by atoms with E-state index in [0.717, 1.165) is 15.7 Å². The predicted molar refractivity (Wildman–Crippen MR) is 95.0 cm³/mol. The van der Waals surface area contributed by atoms with Crippen LogP contribution in [0.1, 0.15) is 11.3 Å². The summed E-state index contributed by atoms with van der Waals surface area (Å²) >= 11 is 9.38. The zero-order valence-electron chi connectivity index (χ0n) is 12.1. The molecule has 0 spiro atoms. The Hall–Kier alpha value is -2.44. The number of carbonyl (C=O) groups excluding carboxylic acids is 1. The number of hydrogen-bond donors (Lipinski definition) is 0. The molecule has 24 heavy (non-hydrogen) atoms. The summed E-state index contributed by atoms with van der Waals surface area (Å²) in [4.78, 5) is 20.8. The SMILES string of the molecule is O=C1OC(c2ccccc2Br)=N/C1=C\c1cn2cc(Cl)ccc2n1. The van der Waals surface area contributed by atoms with Gasteiger partial charge in [0.25, 0.3) is 0 Å². The first-order chi connectivity index (χ1) is 11.6. The zero-order chi connectivity index (χ0) is 16.7. The van der Waals surface area contributed by atoms with Gasteiger partial charge in [0, 0.05) is 16.9 Å². The Morgan fingerprint density at radius 2 is 2.00 bits per heavy atom. The highest BCUT2D eigenvalue weighted by Crippen LogP contribution is 2.24. The molecule has 0 unspecified atom stereocenters. The van der Waals surface area contributed by atoms with Crippen molar-refractivity contribution in [2.24, 2.45) is 4.99 Å². The highest BCUT2D eigenvalue weighted by molar-refractivity contribution is 9.10. The van der Waals surface area contributed by atoms with Crippen LogP contribution in [0.3, 0.4) is 0 Å². The van der Waals surface area contributed by atoms with Crippen LogP contribution in [-0.4, -0.2) is 21.3 Å². The third-order valence-corrected chi connectivity index (χ3v) is 4.36. The van der Waals surface area contributed by atoms with Gasteiger partial charge in [0.2, 0.25) is 5.90 Å². The Labute approximate surface area is 150 Å². The maximum absolute atomic E-state index is 12.1. The Bertz CT molecular complexity index is 1040. The minimum atomic E-state index is -0.504. The first-order valence-electron chi connectivity index (χ1n) is 7.02. The van der Waals surface area contributed by atoms with Crippen molar-refractivity contribution in [1.29, 1.82) is 0 Å². The molecule has 0 N–H and O–H groups in total. The van der Waals surface area contributed by atoms with Crippen molar-refractivity contribution in [2.75, 3.05) is 0 Å². The number of fused-ring (bicyclic) bond motifs is 1. The largest absolute Gasteiger partial charge is 0.402 e. The van der Waals surface area contributed by atoms with Gasteiger partial charge in [0.1, 0.15) is 5.65 Å². The number of rotatable bonds is 2. The average Bonchev–Trinajstić information content (AvgIpc) is 3.11. The molecule has 118 valence electrons. The van der Waals surface area contributed by atoms with E-state index in [-0.39, 0.29) is 11.6 Å². The average molecular weight is 403 g/mol. The maximum atomic E-state index is 12.1. The van der Waals surface area contributed by atoms with Gasteiger partial charge in [-0.3, -0.25) is 0 Å². The van der Waals surface area contributed by atoms with Gasteiger partial charge in [-0.05, 0) is 46.3 Å². The van der Waals surface area contributed by atoms with Crippen LogP contribution >= 0.6 is 27.5 Å². The molecule has 4 rings (SSSR count). The Kier molecular flexibility index (Phi) is 3.70. The van der Waals surface area contributed by atoms with Crippen molar-refractivity contribution < 1.29 is 9.53 Å². The molecule has 3 heterocycles. The lowest BCUT2D eigenvalue weighted by atomic mass is 10.2. The van der Waals surface area contributed by atoms with Gasteiger partial charge in [-0.15, -0.1) is 0 Å². The summed E-state index contributed by atoms with van der Waals surface area (Å²) in [7, 11) is 0. The third kappa shape index (κ3) is 2.74. The molecule has 1 aromatic carbocycles. The summed E-state index contributed by atoms with van der Waals surface area (Å²) in [5.74, 6) is -0.235. The molecule has 2 aromatic heterocycles. The second-order valence-electron chi connectivity index (χ2n) is 5.09. The Balaban J connectivity index is 1.73. The van der Waals surface area contributed by atoms with Gasteiger partial charge in [-0.1, -0.05) is 23.7 Å². The summed E-state index contributed by atoms with van der Waals surface area (Å²) in [6.07, 6.45) is 5.11. The lowest BCUT2D eigenvalue weighted by Crippen LogP contribution is -2.05. The van der Waals surface area contributed by atoms with E-state index >= 15 is 0 Å². The van der Waals surface area contributed by atoms with E-state index in [2.05, 4.69) is 25.9 Å². The number of pyridine rings is 1. The summed E-state index contributed by atoms with van der Waals surface area (Å²) in [6, 6.07) is 11.0. The first-order valence-corrected chi connectivity index (χ1v) is 8.19. The van der Waals surface area contributed by atoms with Crippen LogP contribution in [0, 0.1) is 0 Å². The number of halogens is 2. The highest BCUT2D eigenvalue weighted by Gasteiger charge is 2.25. The number of esters is 1. The van der Waals surface area contributed by atoms with Gasteiger partial charge < -0.3 is 9.14 Å². The van der Waals surface area contributed by atoms with Crippen LogP contribution in [0.4, 0.5) is 0 Å². The van der Waals surface area contributed by atoms with Crippen LogP contribution in [-0.2, 0) is 9.53 Å². The first kappa shape index (κ1) is 15.1. The lowest BCUT2D eigenvalue weighted by Gasteiger charge is -2.01. The van der Waals surface area contributed by atoms with E-state index < -0.39 is 5.97 Å². The summed E-state index contributed by atoms with van der Waals surface area (Å²) in [6.45, 7) is 0. The number of ether oxygens (including phenoxy) is 1. The van der Waals surface area contributed by atoms with Crippen LogP contribution < -0.4 is 0 Å². The minimum Gasteiger partial charge on any atom is -0.402 e. The third-order valence-electron chi connectivity index (χ3n) is 3.44. The van der Waals surface area contributed by atoms with Gasteiger partial charge >= 0.3 is 5.97 Å². The number of carbonyl (C=O) groups is 1. The number of aliphatic imine (C=N–C) groups is 1. The number of imidazole rings is 1. The molecule has 0 radical (unpaired) electrons. The van der Waals surface area contributed by atoms with Crippen LogP contribution in [0.2, 0.25) is 5.02 Å². The summed E-state index contributed by atoms with van der Waals surface area (Å²) in [5, 5.41) is 0.605. The van der Waals surface area contributed by atoms with Gasteiger partial charge in [-0.25, -0.2) is 14.8 Å². The Morgan fingerprint density at radius 1 is 1.17 bits per heavy atom. The molecule has 1 aliphatic heterocycles. The highest BCUT2D eigenvalue weighted by atomic mass is 79.9. The normalized spacial score (nSPS) is 15.8. The van der Waals surface area contributed by atoms with Crippen molar-refractivity contribution in [3.05, 3.63) is 75.2 Å². The fourth-order valence-corrected chi connectivity index (χ4v) is 2.98. The van der Waals surface area contributed by atoms with Crippen LogP contribution in [0.15, 0.2) is 64.0 Å². The van der Waals surface area contributed by atoms with Crippen molar-refractivity contribution in [1.82, 2.24) is 9.38 Å². The summed E-state index contributed by atoms with van der Waals surface area (Å²) in [5.41, 5.74) is 2.25. The molecule has 7 heteroatoms. The molecule has 0 atom stereocenters. The molecule has 0 fully saturated rings. The number of aromatic nitrogens is 2. The lowest BCUT2D eigenvalue weighted by molar-refractivity contribution is -0.129. The molecule has 0 aliphatic carbocycles. The quantitative estimate of drug-likeness (QED) is 0.479. The van der Waals surface area contributed by atoms with Crippen LogP contribution in [0.25, 0.3) is 11.7 Å². The Morgan fingerprint density at radius 3 is 2.83 bits per heavy atom. The second kappa shape index (κ2) is 5.89. The van der Waals surface area contributed by atoms with E-state index in [1.54, 1.807) is 35.0 Å². The molecule has 0 amide bonds. The summed E-state index contributed by atoms with van der Waals surface area (Å²) < 4.78 is 7.85. The van der Waals surface area contributed by atoms with Crippen LogP contribution in [0.5, 0.6) is 0 Å². The molecule has 5 nitrogen and oxygen atoms in total. The second-order valence-corrected chi connectivity index (χ2v) is 6.39. The standard InChI is InChI=1S/C17H9BrClN3O2/c18-13-4-2-1-3-12(13)16-21-14(17(23)24-16)7-11-9-22-8-10(19)5-6-15(22)20-11/h1-9H/b14-7-. The smallest absolute Gasteiger partial charge is 0.363 e. The van der Waals surface area contributed by atoms with E-state index in [1.807, 2.05) is 24.3 Å². The molecular weight excluding hydrogens is 394 g/mol. The minimum absolute atomic E-state index is 0.204. The monoisotopic (exact) mass is 401 g/mol. The van der Waals surface area contributed by atoms with Crippen molar-refractivity contribution in [2.45, 2.75) is 0 Å². The van der Waals surface area contributed by atoms with E-state index in [9.17, 15) is 4.79 Å². The fourth-order valence-electron chi connectivity index (χ4n) is 2.35. The number of hydrogen-bond acceptors (Lipinski definition) is 4. The maximum Gasteiger partial charge on any atom is 0.363 e. The molecular formula is C17H9BrClN3O2. The van der Waals surface area contributed by atoms with Gasteiger partial charge in [-0.2, -0.15) is 0 Å². The molecule has 3 aromatic rings. The van der Waals surface area contributed by atoms with E-state index in [4.69, 9.17) is 16.3 Å². The van der Waals surface area contributed by atoms with Crippen molar-refractivity contribution in [3.8, 4) is 0 Å². The van der Waals surface area contributed by atoms with Gasteiger partial charge in [0.05, 0.1) is 16.3 Å². The molecule has 1 aliphatic rings. The number of benzene rings is 1. The molecule has 0 bridgehead atoms. The number of nitrogens with zero attached hydrogens (tertiary/aromatic N) is 3. The topological polar surface area (TPSA) is 56.0 Å². The van der Waals surface area contributed by atoms with Crippen molar-refractivity contribution in [3.63, 3.8) is 0 Å². The predicted octanol–water partition coefficient (Wildman–Crippen LogP) is 4.09. The fraction of sp³-hybridized carbons (Fsp3) is 0. The van der Waals surface area contributed by atoms with E-state index in [1.165, 1.54) is 0 Å².